The summed E-state index contributed by atoms with van der Waals surface area (Å²) in [6.07, 6.45) is 18.7. The van der Waals surface area contributed by atoms with E-state index in [2.05, 4.69) is 13.0 Å². The Morgan fingerprint density at radius 2 is 2.00 bits per heavy atom. The first-order chi connectivity index (χ1) is 8.81. The number of hydrogen-bond donors (Lipinski definition) is 0. The molecule has 0 amide bonds. The average Bonchev–Trinajstić information content (AvgIpc) is 2.85. The van der Waals surface area contributed by atoms with Gasteiger partial charge in [0.2, 0.25) is 10.5 Å². The van der Waals surface area contributed by atoms with Gasteiger partial charge < -0.3 is 4.43 Å². The highest BCUT2D eigenvalue weighted by Crippen LogP contribution is 2.06. The SMILES string of the molecule is CCCCCCCCC=CO[SiH3].O=C1C=CCC1. The minimum Gasteiger partial charge on any atom is -0.559 e. The fourth-order valence-electron chi connectivity index (χ4n) is 1.73. The highest BCUT2D eigenvalue weighted by atomic mass is 28.2. The maximum Gasteiger partial charge on any atom is 0.203 e. The molecule has 0 unspecified atom stereocenters. The summed E-state index contributed by atoms with van der Waals surface area (Å²) < 4.78 is 4.95. The number of ketones is 1. The summed E-state index contributed by atoms with van der Waals surface area (Å²) in [4.78, 5) is 10.2. The summed E-state index contributed by atoms with van der Waals surface area (Å²) in [7, 11) is 0.823. The van der Waals surface area contributed by atoms with Gasteiger partial charge in [-0.05, 0) is 25.3 Å². The Kier molecular flexibility index (Phi) is 13.6. The summed E-state index contributed by atoms with van der Waals surface area (Å²) in [5, 5.41) is 0. The van der Waals surface area contributed by atoms with E-state index in [0.717, 1.165) is 23.3 Å². The molecule has 0 aromatic heterocycles. The molecule has 1 aliphatic carbocycles. The molecule has 0 N–H and O–H groups in total. The first-order valence-corrected chi connectivity index (χ1v) is 8.00. The molecule has 0 bridgehead atoms. The van der Waals surface area contributed by atoms with Crippen molar-refractivity contribution in [2.75, 3.05) is 0 Å². The van der Waals surface area contributed by atoms with E-state index in [0.29, 0.717) is 0 Å². The first kappa shape index (κ1) is 17.2. The number of hydrogen-bond acceptors (Lipinski definition) is 2. The van der Waals surface area contributed by atoms with Crippen LogP contribution in [0.25, 0.3) is 0 Å². The molecule has 0 saturated carbocycles. The molecule has 0 aromatic carbocycles. The molecule has 0 spiro atoms. The van der Waals surface area contributed by atoms with Gasteiger partial charge in [-0.2, -0.15) is 0 Å². The highest BCUT2D eigenvalue weighted by Gasteiger charge is 1.98. The van der Waals surface area contributed by atoms with E-state index in [9.17, 15) is 4.79 Å². The van der Waals surface area contributed by atoms with E-state index >= 15 is 0 Å². The third-order valence-electron chi connectivity index (χ3n) is 2.82. The molecule has 104 valence electrons. The fourth-order valence-corrected chi connectivity index (χ4v) is 1.92. The van der Waals surface area contributed by atoms with Crippen molar-refractivity contribution in [2.45, 2.75) is 64.7 Å². The van der Waals surface area contributed by atoms with Crippen LogP contribution in [-0.4, -0.2) is 16.3 Å². The van der Waals surface area contributed by atoms with E-state index in [4.69, 9.17) is 4.43 Å². The number of carbonyl (C=O) groups excluding carboxylic acids is 1. The molecule has 1 rings (SSSR count). The Hall–Kier alpha value is -0.833. The molecule has 0 heterocycles. The van der Waals surface area contributed by atoms with Crippen molar-refractivity contribution in [2.24, 2.45) is 0 Å². The van der Waals surface area contributed by atoms with Gasteiger partial charge in [-0.1, -0.05) is 51.2 Å². The Labute approximate surface area is 115 Å². The van der Waals surface area contributed by atoms with E-state index < -0.39 is 0 Å². The molecular weight excluding hydrogens is 240 g/mol. The maximum atomic E-state index is 10.2. The molecular formula is C15H28O2Si. The summed E-state index contributed by atoms with van der Waals surface area (Å²) in [5.74, 6) is 0.273. The van der Waals surface area contributed by atoms with E-state index in [1.807, 2.05) is 12.3 Å². The van der Waals surface area contributed by atoms with Crippen molar-refractivity contribution in [3.8, 4) is 0 Å². The lowest BCUT2D eigenvalue weighted by molar-refractivity contribution is -0.114. The second-order valence-corrected chi connectivity index (χ2v) is 5.04. The van der Waals surface area contributed by atoms with E-state index in [1.54, 1.807) is 6.08 Å². The predicted octanol–water partition coefficient (Wildman–Crippen LogP) is 3.45. The van der Waals surface area contributed by atoms with Crippen LogP contribution in [0.3, 0.4) is 0 Å². The molecule has 0 aliphatic heterocycles. The second kappa shape index (κ2) is 14.2. The molecule has 0 atom stereocenters. The standard InChI is InChI=1S/C10H22OSi.C5H6O/c1-2-3-4-5-6-7-8-9-10-11-12;6-5-3-1-2-4-5/h9-10H,2-8H2,1,12H3;1,3H,2,4H2. The van der Waals surface area contributed by atoms with Gasteiger partial charge in [-0.25, -0.2) is 0 Å². The lowest BCUT2D eigenvalue weighted by Crippen LogP contribution is -1.80. The van der Waals surface area contributed by atoms with Crippen molar-refractivity contribution in [3.63, 3.8) is 0 Å². The topological polar surface area (TPSA) is 26.3 Å². The second-order valence-electron chi connectivity index (χ2n) is 4.57. The number of unbranched alkanes of at least 4 members (excludes halogenated alkanes) is 6. The summed E-state index contributed by atoms with van der Waals surface area (Å²) >= 11 is 0. The molecule has 0 radical (unpaired) electrons. The van der Waals surface area contributed by atoms with Gasteiger partial charge in [-0.15, -0.1) is 0 Å². The maximum absolute atomic E-state index is 10.2. The molecule has 1 aliphatic rings. The zero-order valence-electron chi connectivity index (χ0n) is 12.0. The average molecular weight is 268 g/mol. The monoisotopic (exact) mass is 268 g/mol. The highest BCUT2D eigenvalue weighted by molar-refractivity contribution is 5.98. The Balaban J connectivity index is 0.000000397. The van der Waals surface area contributed by atoms with Crippen LogP contribution in [0.4, 0.5) is 0 Å². The molecule has 3 heteroatoms. The van der Waals surface area contributed by atoms with Crippen molar-refractivity contribution >= 4 is 16.3 Å². The third-order valence-corrected chi connectivity index (χ3v) is 3.09. The van der Waals surface area contributed by atoms with Crippen molar-refractivity contribution in [1.82, 2.24) is 0 Å². The zero-order valence-corrected chi connectivity index (χ0v) is 14.0. The summed E-state index contributed by atoms with van der Waals surface area (Å²) in [5.41, 5.74) is 0. The van der Waals surface area contributed by atoms with Crippen LogP contribution in [0.1, 0.15) is 64.7 Å². The van der Waals surface area contributed by atoms with Crippen molar-refractivity contribution < 1.29 is 9.22 Å². The van der Waals surface area contributed by atoms with Crippen LogP contribution in [-0.2, 0) is 9.22 Å². The quantitative estimate of drug-likeness (QED) is 0.383. The van der Waals surface area contributed by atoms with Crippen LogP contribution < -0.4 is 0 Å². The van der Waals surface area contributed by atoms with Gasteiger partial charge in [0, 0.05) is 6.42 Å². The molecule has 0 fully saturated rings. The fraction of sp³-hybridized carbons (Fsp3) is 0.667. The number of carbonyl (C=O) groups is 1. The summed E-state index contributed by atoms with van der Waals surface area (Å²) in [6.45, 7) is 2.26. The van der Waals surface area contributed by atoms with Crippen LogP contribution >= 0.6 is 0 Å². The Morgan fingerprint density at radius 1 is 1.28 bits per heavy atom. The zero-order chi connectivity index (χ0) is 13.5. The summed E-state index contributed by atoms with van der Waals surface area (Å²) in [6, 6.07) is 0. The lowest BCUT2D eigenvalue weighted by atomic mass is 10.1. The Bertz CT molecular complexity index is 247. The van der Waals surface area contributed by atoms with Crippen LogP contribution in [0.15, 0.2) is 24.5 Å². The van der Waals surface area contributed by atoms with Crippen LogP contribution in [0.2, 0.25) is 0 Å². The molecule has 0 saturated heterocycles. The van der Waals surface area contributed by atoms with Gasteiger partial charge in [-0.3, -0.25) is 4.79 Å². The van der Waals surface area contributed by atoms with E-state index in [-0.39, 0.29) is 5.78 Å². The van der Waals surface area contributed by atoms with Crippen LogP contribution in [0, 0.1) is 0 Å². The minimum absolute atomic E-state index is 0.273. The van der Waals surface area contributed by atoms with Crippen molar-refractivity contribution in [1.29, 1.82) is 0 Å². The molecule has 2 nitrogen and oxygen atoms in total. The smallest absolute Gasteiger partial charge is 0.203 e. The van der Waals surface area contributed by atoms with Gasteiger partial charge in [0.25, 0.3) is 0 Å². The van der Waals surface area contributed by atoms with Crippen molar-refractivity contribution in [3.05, 3.63) is 24.5 Å². The number of rotatable bonds is 8. The predicted molar refractivity (Wildman–Crippen MR) is 81.5 cm³/mol. The molecule has 18 heavy (non-hydrogen) atoms. The molecule has 0 aromatic rings. The van der Waals surface area contributed by atoms with E-state index in [1.165, 1.54) is 44.9 Å². The minimum atomic E-state index is 0.273. The lowest BCUT2D eigenvalue weighted by Gasteiger charge is -1.97. The van der Waals surface area contributed by atoms with Gasteiger partial charge in [0.15, 0.2) is 5.78 Å². The first-order valence-electron chi connectivity index (χ1n) is 7.18. The van der Waals surface area contributed by atoms with Gasteiger partial charge >= 0.3 is 0 Å². The van der Waals surface area contributed by atoms with Crippen LogP contribution in [0.5, 0.6) is 0 Å². The Morgan fingerprint density at radius 3 is 2.50 bits per heavy atom. The van der Waals surface area contributed by atoms with Gasteiger partial charge in [0.05, 0.1) is 6.26 Å². The largest absolute Gasteiger partial charge is 0.559 e. The number of allylic oxidation sites excluding steroid dienone is 3. The normalized spacial score (nSPS) is 13.9. The van der Waals surface area contributed by atoms with Gasteiger partial charge in [0.1, 0.15) is 0 Å². The third kappa shape index (κ3) is 13.2.